The van der Waals surface area contributed by atoms with Crippen LogP contribution in [0.2, 0.25) is 0 Å². The van der Waals surface area contributed by atoms with Gasteiger partial charge in [-0.25, -0.2) is 0 Å². The lowest BCUT2D eigenvalue weighted by atomic mass is 10.1. The summed E-state index contributed by atoms with van der Waals surface area (Å²) in [6.45, 7) is 3.21. The van der Waals surface area contributed by atoms with Crippen LogP contribution < -0.4 is 21.7 Å². The van der Waals surface area contributed by atoms with Crippen molar-refractivity contribution in [3.8, 4) is 0 Å². The smallest absolute Gasteiger partial charge is 0.243 e. The van der Waals surface area contributed by atoms with Crippen LogP contribution in [0.3, 0.4) is 0 Å². The molecule has 1 heterocycles. The van der Waals surface area contributed by atoms with Crippen LogP contribution in [0.4, 0.5) is 5.69 Å². The quantitative estimate of drug-likeness (QED) is 0.533. The highest BCUT2D eigenvalue weighted by atomic mass is 35.5. The van der Waals surface area contributed by atoms with Gasteiger partial charge in [-0.3, -0.25) is 19.4 Å². The maximum atomic E-state index is 11.6. The Hall–Kier alpha value is -1.90. The molecule has 1 atom stereocenters. The lowest BCUT2D eigenvalue weighted by molar-refractivity contribution is -0.127. The number of amides is 3. The molecule has 3 amide bonds. The van der Waals surface area contributed by atoms with E-state index in [9.17, 15) is 14.4 Å². The van der Waals surface area contributed by atoms with Crippen molar-refractivity contribution in [2.24, 2.45) is 11.7 Å². The third kappa shape index (κ3) is 9.29. The highest BCUT2D eigenvalue weighted by Gasteiger charge is 2.17. The Kier molecular flexibility index (Phi) is 12.7. The van der Waals surface area contributed by atoms with Gasteiger partial charge in [-0.1, -0.05) is 13.8 Å². The monoisotopic (exact) mass is 379 g/mol. The largest absolute Gasteiger partial charge is 0.346 e. The Labute approximate surface area is 153 Å². The molecule has 24 heavy (non-hydrogen) atoms. The van der Waals surface area contributed by atoms with Gasteiger partial charge in [0.1, 0.15) is 0 Å². The maximum absolute atomic E-state index is 11.6. The number of hydrogen-bond donors (Lipinski definition) is 4. The second-order valence-electron chi connectivity index (χ2n) is 5.05. The Balaban J connectivity index is 0. The van der Waals surface area contributed by atoms with E-state index < -0.39 is 17.9 Å². The minimum absolute atomic E-state index is 0. The van der Waals surface area contributed by atoms with Crippen molar-refractivity contribution in [3.63, 3.8) is 0 Å². The summed E-state index contributed by atoms with van der Waals surface area (Å²) in [4.78, 5) is 38.5. The normalized spacial score (nSPS) is 10.7. The van der Waals surface area contributed by atoms with Gasteiger partial charge in [-0.15, -0.1) is 24.8 Å². The fourth-order valence-corrected chi connectivity index (χ4v) is 1.47. The second kappa shape index (κ2) is 12.5. The van der Waals surface area contributed by atoms with E-state index in [-0.39, 0.29) is 49.7 Å². The van der Waals surface area contributed by atoms with Crippen LogP contribution in [-0.4, -0.2) is 41.8 Å². The van der Waals surface area contributed by atoms with Crippen LogP contribution in [0.25, 0.3) is 0 Å². The molecule has 0 aliphatic carbocycles. The molecule has 136 valence electrons. The summed E-state index contributed by atoms with van der Waals surface area (Å²) < 4.78 is 0. The van der Waals surface area contributed by atoms with Gasteiger partial charge >= 0.3 is 0 Å². The fourth-order valence-electron chi connectivity index (χ4n) is 1.47. The third-order valence-electron chi connectivity index (χ3n) is 2.84. The number of pyridine rings is 1. The van der Waals surface area contributed by atoms with Crippen molar-refractivity contribution in [2.45, 2.75) is 19.9 Å². The van der Waals surface area contributed by atoms with Crippen LogP contribution in [0.1, 0.15) is 13.8 Å². The first-order valence-corrected chi connectivity index (χ1v) is 6.90. The molecule has 1 aromatic rings. The number of carbonyl (C=O) groups excluding carboxylic acids is 3. The molecule has 0 fully saturated rings. The number of carbonyl (C=O) groups is 3. The molecule has 0 aliphatic heterocycles. The number of halogens is 2. The van der Waals surface area contributed by atoms with Gasteiger partial charge in [0, 0.05) is 6.20 Å². The molecule has 10 heteroatoms. The number of nitrogens with one attached hydrogen (secondary N) is 3. The molecule has 0 unspecified atom stereocenters. The molecule has 5 N–H and O–H groups in total. The number of nitrogens with zero attached hydrogens (tertiary/aromatic N) is 1. The molecule has 0 radical (unpaired) electrons. The third-order valence-corrected chi connectivity index (χ3v) is 2.84. The molecule has 0 aliphatic rings. The minimum Gasteiger partial charge on any atom is -0.346 e. The maximum Gasteiger partial charge on any atom is 0.243 e. The standard InChI is InChI=1S/C14H21N5O3.2ClH/c1-9(2)13(15)14(22)18-7-11(20)17-8-12(21)19-10-4-3-5-16-6-10;;/h3-6,9,13H,7-8,15H2,1-2H3,(H,17,20)(H,18,22)(H,19,21);2*1H/t13-;;/m0../s1. The summed E-state index contributed by atoms with van der Waals surface area (Å²) in [5, 5.41) is 7.39. The van der Waals surface area contributed by atoms with Gasteiger partial charge in [0.25, 0.3) is 0 Å². The summed E-state index contributed by atoms with van der Waals surface area (Å²) in [6, 6.07) is 2.70. The first kappa shape index (κ1) is 24.4. The Bertz CT molecular complexity index is 528. The van der Waals surface area contributed by atoms with E-state index in [1.807, 2.05) is 13.8 Å². The average molecular weight is 380 g/mol. The highest BCUT2D eigenvalue weighted by Crippen LogP contribution is 2.01. The lowest BCUT2D eigenvalue weighted by Gasteiger charge is -2.15. The van der Waals surface area contributed by atoms with E-state index in [1.165, 1.54) is 6.20 Å². The molecule has 0 aromatic carbocycles. The second-order valence-corrected chi connectivity index (χ2v) is 5.05. The van der Waals surface area contributed by atoms with Crippen molar-refractivity contribution >= 4 is 48.2 Å². The first-order chi connectivity index (χ1) is 10.4. The van der Waals surface area contributed by atoms with Crippen molar-refractivity contribution in [2.75, 3.05) is 18.4 Å². The van der Waals surface area contributed by atoms with Gasteiger partial charge < -0.3 is 21.7 Å². The van der Waals surface area contributed by atoms with Crippen molar-refractivity contribution in [3.05, 3.63) is 24.5 Å². The summed E-state index contributed by atoms with van der Waals surface area (Å²) in [5.74, 6) is -1.27. The minimum atomic E-state index is -0.665. The number of nitrogens with two attached hydrogens (primary N) is 1. The fraction of sp³-hybridized carbons (Fsp3) is 0.429. The first-order valence-electron chi connectivity index (χ1n) is 6.90. The molecular weight excluding hydrogens is 357 g/mol. The topological polar surface area (TPSA) is 126 Å². The zero-order valence-corrected chi connectivity index (χ0v) is 15.1. The van der Waals surface area contributed by atoms with E-state index in [0.29, 0.717) is 5.69 Å². The molecule has 0 bridgehead atoms. The SMILES string of the molecule is CC(C)[C@H](N)C(=O)NCC(=O)NCC(=O)Nc1cccnc1.Cl.Cl. The summed E-state index contributed by atoms with van der Waals surface area (Å²) in [6.07, 6.45) is 3.08. The number of anilines is 1. The highest BCUT2D eigenvalue weighted by molar-refractivity contribution is 5.95. The molecule has 0 saturated carbocycles. The number of rotatable bonds is 7. The van der Waals surface area contributed by atoms with Gasteiger partial charge in [0.2, 0.25) is 17.7 Å². The van der Waals surface area contributed by atoms with Gasteiger partial charge in [0.15, 0.2) is 0 Å². The lowest BCUT2D eigenvalue weighted by Crippen LogP contribution is -2.47. The predicted molar refractivity (Wildman–Crippen MR) is 96.2 cm³/mol. The van der Waals surface area contributed by atoms with Crippen molar-refractivity contribution in [1.29, 1.82) is 0 Å². The van der Waals surface area contributed by atoms with E-state index >= 15 is 0 Å². The molecule has 1 aromatic heterocycles. The number of aromatic nitrogens is 1. The summed E-state index contributed by atoms with van der Waals surface area (Å²) >= 11 is 0. The summed E-state index contributed by atoms with van der Waals surface area (Å²) in [5.41, 5.74) is 6.18. The molecule has 0 spiro atoms. The van der Waals surface area contributed by atoms with Crippen LogP contribution >= 0.6 is 24.8 Å². The average Bonchev–Trinajstić information content (AvgIpc) is 2.50. The molecule has 0 saturated heterocycles. The zero-order chi connectivity index (χ0) is 16.5. The molecular formula is C14H23Cl2N5O3. The van der Waals surface area contributed by atoms with Gasteiger partial charge in [-0.2, -0.15) is 0 Å². The van der Waals surface area contributed by atoms with E-state index in [1.54, 1.807) is 18.3 Å². The predicted octanol–water partition coefficient (Wildman–Crippen LogP) is 0.0794. The molecule has 1 rings (SSSR count). The Morgan fingerprint density at radius 2 is 1.75 bits per heavy atom. The van der Waals surface area contributed by atoms with Crippen LogP contribution in [0.15, 0.2) is 24.5 Å². The van der Waals surface area contributed by atoms with E-state index in [2.05, 4.69) is 20.9 Å². The summed E-state index contributed by atoms with van der Waals surface area (Å²) in [7, 11) is 0. The van der Waals surface area contributed by atoms with Crippen molar-refractivity contribution in [1.82, 2.24) is 15.6 Å². The van der Waals surface area contributed by atoms with E-state index in [4.69, 9.17) is 5.73 Å². The van der Waals surface area contributed by atoms with Crippen LogP contribution in [0.5, 0.6) is 0 Å². The Morgan fingerprint density at radius 3 is 2.29 bits per heavy atom. The van der Waals surface area contributed by atoms with Crippen LogP contribution in [-0.2, 0) is 14.4 Å². The molecule has 8 nitrogen and oxygen atoms in total. The van der Waals surface area contributed by atoms with E-state index in [0.717, 1.165) is 0 Å². The zero-order valence-electron chi connectivity index (χ0n) is 13.4. The van der Waals surface area contributed by atoms with Gasteiger partial charge in [-0.05, 0) is 18.1 Å². The van der Waals surface area contributed by atoms with Crippen LogP contribution in [0, 0.1) is 5.92 Å². The van der Waals surface area contributed by atoms with Gasteiger partial charge in [0.05, 0.1) is 31.0 Å². The number of hydrogen-bond acceptors (Lipinski definition) is 5. The van der Waals surface area contributed by atoms with Crippen molar-refractivity contribution < 1.29 is 14.4 Å². The Morgan fingerprint density at radius 1 is 1.12 bits per heavy atom.